The first kappa shape index (κ1) is 37.6. The third kappa shape index (κ3) is 5.78. The van der Waals surface area contributed by atoms with Gasteiger partial charge in [0.15, 0.2) is 11.5 Å². The summed E-state index contributed by atoms with van der Waals surface area (Å²) in [5.74, 6) is -5.10. The van der Waals surface area contributed by atoms with Crippen molar-refractivity contribution in [3.8, 4) is 17.2 Å². The molecule has 2 saturated heterocycles. The Kier molecular flexibility index (Phi) is 9.76. The molecule has 10 nitrogen and oxygen atoms in total. The van der Waals surface area contributed by atoms with Gasteiger partial charge in [0.1, 0.15) is 5.75 Å². The second-order valence-electron chi connectivity index (χ2n) is 14.1. The molecule has 55 heavy (non-hydrogen) atoms. The molecule has 8 rings (SSSR count). The molecule has 0 radical (unpaired) electrons. The molecular weight excluding hydrogens is 877 g/mol. The highest BCUT2D eigenvalue weighted by Crippen LogP contribution is 2.65. The third-order valence-corrected chi connectivity index (χ3v) is 14.3. The molecule has 0 spiro atoms. The van der Waals surface area contributed by atoms with E-state index >= 15 is 9.59 Å². The van der Waals surface area contributed by atoms with E-state index < -0.39 is 46.8 Å². The number of halogens is 4. The molecule has 2 N–H and O–H groups in total. The molecule has 4 aliphatic rings. The zero-order chi connectivity index (χ0) is 38.9. The van der Waals surface area contributed by atoms with Crippen LogP contribution in [-0.2, 0) is 31.1 Å². The van der Waals surface area contributed by atoms with Crippen LogP contribution in [0.5, 0.6) is 17.2 Å². The number of benzene rings is 4. The van der Waals surface area contributed by atoms with Crippen molar-refractivity contribution in [2.45, 2.75) is 30.7 Å². The minimum atomic E-state index is -1.61. The summed E-state index contributed by atoms with van der Waals surface area (Å²) in [7, 11) is 2.96. The predicted octanol–water partition coefficient (Wildman–Crippen LogP) is 8.43. The van der Waals surface area contributed by atoms with E-state index in [1.54, 1.807) is 42.5 Å². The average Bonchev–Trinajstić information content (AvgIpc) is 3.55. The Hall–Kier alpha value is -4.36. The maximum atomic E-state index is 15.6. The zero-order valence-electron chi connectivity index (χ0n) is 29.4. The van der Waals surface area contributed by atoms with Crippen LogP contribution in [0, 0.1) is 23.7 Å². The van der Waals surface area contributed by atoms with Crippen LogP contribution in [0.1, 0.15) is 35.4 Å². The number of aromatic hydroxyl groups is 1. The number of rotatable bonds is 8. The largest absolute Gasteiger partial charge is 0.503 e. The summed E-state index contributed by atoms with van der Waals surface area (Å²) in [6, 6.07) is 22.7. The quantitative estimate of drug-likeness (QED) is 0.133. The summed E-state index contributed by atoms with van der Waals surface area (Å²) < 4.78 is 11.8. The van der Waals surface area contributed by atoms with Crippen molar-refractivity contribution in [1.82, 2.24) is 9.91 Å². The van der Waals surface area contributed by atoms with Crippen LogP contribution in [0.15, 0.2) is 99.5 Å². The molecule has 1 saturated carbocycles. The first-order valence-corrected chi connectivity index (χ1v) is 19.8. The highest BCUT2D eigenvalue weighted by Gasteiger charge is 2.70. The van der Waals surface area contributed by atoms with E-state index in [1.807, 2.05) is 36.4 Å². The van der Waals surface area contributed by atoms with Gasteiger partial charge in [-0.3, -0.25) is 29.5 Å². The lowest BCUT2D eigenvalue weighted by Gasteiger charge is -2.51. The SMILES string of the molecule is COc1ccc(C23C(=O)N(Nc4ccc(Cl)cc4Cl)C(=O)C2CC2C(=CCC4C(=O)N(Cc5ccccc5)C(=O)C42)C3c2cc(OC)c(O)c(Br)c2Br)cc1. The number of phenols is 1. The number of nitrogens with zero attached hydrogens (tertiary/aromatic N) is 2. The van der Waals surface area contributed by atoms with Gasteiger partial charge < -0.3 is 14.6 Å². The average molecular weight is 910 g/mol. The van der Waals surface area contributed by atoms with E-state index in [1.165, 1.54) is 25.2 Å². The number of hydrazine groups is 1. The van der Waals surface area contributed by atoms with Crippen LogP contribution in [0.3, 0.4) is 0 Å². The third-order valence-electron chi connectivity index (χ3n) is 11.6. The Morgan fingerprint density at radius 3 is 2.27 bits per heavy atom. The summed E-state index contributed by atoms with van der Waals surface area (Å²) >= 11 is 20.0. The summed E-state index contributed by atoms with van der Waals surface area (Å²) in [6.07, 6.45) is 2.32. The molecule has 4 aromatic carbocycles. The molecule has 4 amide bonds. The minimum absolute atomic E-state index is 0.0961. The first-order valence-electron chi connectivity index (χ1n) is 17.5. The van der Waals surface area contributed by atoms with Crippen LogP contribution in [0.25, 0.3) is 0 Å². The van der Waals surface area contributed by atoms with Crippen LogP contribution in [-0.4, -0.2) is 52.9 Å². The fourth-order valence-electron chi connectivity index (χ4n) is 9.15. The number of phenolic OH excluding ortho intramolecular Hbond substituents is 1. The molecule has 14 heteroatoms. The molecule has 2 aliphatic heterocycles. The summed E-state index contributed by atoms with van der Waals surface area (Å²) in [5.41, 5.74) is 4.30. The smallest absolute Gasteiger partial charge is 0.260 e. The van der Waals surface area contributed by atoms with Gasteiger partial charge in [0, 0.05) is 15.4 Å². The Bertz CT molecular complexity index is 2310. The van der Waals surface area contributed by atoms with E-state index in [0.717, 1.165) is 16.1 Å². The normalized spacial score (nSPS) is 25.7. The number of carbonyl (C=O) groups excluding carboxylic acids is 4. The van der Waals surface area contributed by atoms with E-state index in [-0.39, 0.29) is 57.9 Å². The molecule has 3 fully saturated rings. The second-order valence-corrected chi connectivity index (χ2v) is 16.5. The van der Waals surface area contributed by atoms with Gasteiger partial charge in [0.05, 0.1) is 59.1 Å². The molecule has 0 bridgehead atoms. The second kappa shape index (κ2) is 14.3. The number of likely N-dealkylation sites (tertiary alicyclic amines) is 1. The summed E-state index contributed by atoms with van der Waals surface area (Å²) in [5, 5.41) is 12.6. The molecule has 4 aromatic rings. The van der Waals surface area contributed by atoms with Crippen LogP contribution < -0.4 is 14.9 Å². The number of methoxy groups -OCH3 is 2. The van der Waals surface area contributed by atoms with Gasteiger partial charge in [0.2, 0.25) is 11.8 Å². The van der Waals surface area contributed by atoms with Crippen molar-refractivity contribution in [3.05, 3.63) is 126 Å². The molecule has 282 valence electrons. The highest BCUT2D eigenvalue weighted by atomic mass is 79.9. The molecule has 6 atom stereocenters. The van der Waals surface area contributed by atoms with Crippen molar-refractivity contribution in [2.24, 2.45) is 23.7 Å². The van der Waals surface area contributed by atoms with E-state index in [2.05, 4.69) is 37.3 Å². The van der Waals surface area contributed by atoms with Crippen LogP contribution in [0.4, 0.5) is 5.69 Å². The van der Waals surface area contributed by atoms with Crippen molar-refractivity contribution >= 4 is 84.4 Å². The molecular formula is C41H33Br2Cl2N3O7. The van der Waals surface area contributed by atoms with Crippen LogP contribution >= 0.6 is 55.1 Å². The highest BCUT2D eigenvalue weighted by molar-refractivity contribution is 9.13. The fourth-order valence-corrected chi connectivity index (χ4v) is 10.6. The number of nitrogens with one attached hydrogen (secondary N) is 1. The van der Waals surface area contributed by atoms with Gasteiger partial charge in [-0.25, -0.2) is 0 Å². The van der Waals surface area contributed by atoms with E-state index in [0.29, 0.717) is 26.4 Å². The number of allylic oxidation sites excluding steroid dienone is 2. The Morgan fingerprint density at radius 2 is 1.60 bits per heavy atom. The zero-order valence-corrected chi connectivity index (χ0v) is 34.1. The van der Waals surface area contributed by atoms with Gasteiger partial charge in [-0.15, -0.1) is 0 Å². The van der Waals surface area contributed by atoms with E-state index in [4.69, 9.17) is 32.7 Å². The van der Waals surface area contributed by atoms with Gasteiger partial charge in [0.25, 0.3) is 11.8 Å². The maximum absolute atomic E-state index is 15.6. The van der Waals surface area contributed by atoms with Crippen LogP contribution in [0.2, 0.25) is 10.0 Å². The Morgan fingerprint density at radius 1 is 0.873 bits per heavy atom. The fraction of sp³-hybridized carbons (Fsp3) is 0.268. The van der Waals surface area contributed by atoms with Crippen molar-refractivity contribution in [2.75, 3.05) is 19.6 Å². The number of amides is 4. The summed E-state index contributed by atoms with van der Waals surface area (Å²) in [6.45, 7) is 0.126. The lowest BCUT2D eigenvalue weighted by molar-refractivity contribution is -0.142. The number of anilines is 1. The Balaban J connectivity index is 1.35. The van der Waals surface area contributed by atoms with Gasteiger partial charge in [-0.05, 0) is 104 Å². The number of fused-ring (bicyclic) bond motifs is 4. The number of imide groups is 2. The number of ether oxygens (including phenoxy) is 2. The lowest BCUT2D eigenvalue weighted by atomic mass is 9.49. The molecule has 0 aromatic heterocycles. The van der Waals surface area contributed by atoms with Gasteiger partial charge in [-0.2, -0.15) is 5.01 Å². The molecule has 2 heterocycles. The first-order chi connectivity index (χ1) is 26.4. The van der Waals surface area contributed by atoms with Crippen molar-refractivity contribution in [3.63, 3.8) is 0 Å². The molecule has 6 unspecified atom stereocenters. The van der Waals surface area contributed by atoms with Crippen molar-refractivity contribution in [1.29, 1.82) is 0 Å². The maximum Gasteiger partial charge on any atom is 0.260 e. The lowest BCUT2D eigenvalue weighted by Crippen LogP contribution is -2.53. The summed E-state index contributed by atoms with van der Waals surface area (Å²) in [4.78, 5) is 60.5. The number of carbonyl (C=O) groups is 4. The van der Waals surface area contributed by atoms with Gasteiger partial charge >= 0.3 is 0 Å². The number of hydrogen-bond donors (Lipinski definition) is 2. The molecule has 2 aliphatic carbocycles. The predicted molar refractivity (Wildman–Crippen MR) is 213 cm³/mol. The van der Waals surface area contributed by atoms with E-state index in [9.17, 15) is 14.7 Å². The standard InChI is InChI=1S/C41H33Br2Cl2N3O7/c1-54-23-11-8-21(9-12-23)41-28(38(51)48(40(41)53)46-30-15-10-22(44)16-29(30)45)17-26-24(33(41)27-18-31(55-2)36(49)35(43)34(27)42)13-14-25-32(26)39(52)47(37(25)50)19-20-6-4-3-5-7-20/h3-13,15-16,18,25-26,28,32-33,46,49H,14,17,19H2,1-2H3. The van der Waals surface area contributed by atoms with Crippen molar-refractivity contribution < 1.29 is 33.8 Å². The topological polar surface area (TPSA) is 125 Å². The Labute approximate surface area is 343 Å². The minimum Gasteiger partial charge on any atom is -0.503 e. The monoisotopic (exact) mass is 907 g/mol. The number of hydrogen-bond acceptors (Lipinski definition) is 8. The van der Waals surface area contributed by atoms with Gasteiger partial charge in [-0.1, -0.05) is 77.3 Å².